The van der Waals surface area contributed by atoms with Crippen LogP contribution in [0.25, 0.3) is 0 Å². The maximum atomic E-state index is 11.6. The molecule has 0 aliphatic carbocycles. The highest BCUT2D eigenvalue weighted by Crippen LogP contribution is 2.19. The molecule has 5 nitrogen and oxygen atoms in total. The number of carbonyl (C=O) groups excluding carboxylic acids is 1. The maximum Gasteiger partial charge on any atom is 0.507 e. The van der Waals surface area contributed by atoms with E-state index in [4.69, 9.17) is 18.0 Å². The van der Waals surface area contributed by atoms with Crippen LogP contribution in [0.1, 0.15) is 12.8 Å². The lowest BCUT2D eigenvalue weighted by molar-refractivity contribution is -0.118. The summed E-state index contributed by atoms with van der Waals surface area (Å²) in [6, 6.07) is 0.239. The van der Waals surface area contributed by atoms with Gasteiger partial charge in [0, 0.05) is 27.8 Å². The zero-order chi connectivity index (χ0) is 11.3. The van der Waals surface area contributed by atoms with Gasteiger partial charge < -0.3 is 18.0 Å². The molecule has 0 saturated carbocycles. The van der Waals surface area contributed by atoms with E-state index in [0.717, 1.165) is 13.0 Å². The lowest BCUT2D eigenvalue weighted by atomic mass is 10.2. The molecule has 88 valence electrons. The van der Waals surface area contributed by atoms with Crippen molar-refractivity contribution in [2.75, 3.05) is 27.9 Å². The Balaban J connectivity index is 2.31. The Bertz CT molecular complexity index is 204. The Hall–Kier alpha value is -0.273. The number of Topliss-reactive ketones (excluding diaryl/α,β-unsaturated/α-hetero) is 1. The average molecular weight is 234 g/mol. The summed E-state index contributed by atoms with van der Waals surface area (Å²) >= 11 is 0. The molecule has 15 heavy (non-hydrogen) atoms. The minimum atomic E-state index is -2.72. The molecule has 0 amide bonds. The van der Waals surface area contributed by atoms with Crippen molar-refractivity contribution in [1.82, 2.24) is 0 Å². The monoisotopic (exact) mass is 234 g/mol. The van der Waals surface area contributed by atoms with Crippen molar-refractivity contribution in [3.8, 4) is 0 Å². The van der Waals surface area contributed by atoms with Gasteiger partial charge in [0.15, 0.2) is 0 Å². The summed E-state index contributed by atoms with van der Waals surface area (Å²) in [6.45, 7) is 0.786. The van der Waals surface area contributed by atoms with Gasteiger partial charge in [0.1, 0.15) is 5.78 Å². The highest BCUT2D eigenvalue weighted by molar-refractivity contribution is 6.64. The highest BCUT2D eigenvalue weighted by atomic mass is 28.4. The van der Waals surface area contributed by atoms with Gasteiger partial charge >= 0.3 is 8.80 Å². The van der Waals surface area contributed by atoms with Gasteiger partial charge in [-0.25, -0.2) is 0 Å². The Kier molecular flexibility index (Phi) is 4.87. The molecular weight excluding hydrogens is 216 g/mol. The predicted molar refractivity (Wildman–Crippen MR) is 55.6 cm³/mol. The van der Waals surface area contributed by atoms with Gasteiger partial charge in [0.25, 0.3) is 0 Å². The van der Waals surface area contributed by atoms with Crippen LogP contribution in [0.4, 0.5) is 0 Å². The fraction of sp³-hybridized carbons (Fsp3) is 0.889. The van der Waals surface area contributed by atoms with Gasteiger partial charge in [0.2, 0.25) is 0 Å². The maximum absolute atomic E-state index is 11.6. The van der Waals surface area contributed by atoms with E-state index in [2.05, 4.69) is 0 Å². The van der Waals surface area contributed by atoms with Crippen LogP contribution < -0.4 is 0 Å². The Morgan fingerprint density at radius 1 is 1.33 bits per heavy atom. The van der Waals surface area contributed by atoms with Crippen molar-refractivity contribution in [2.24, 2.45) is 0 Å². The van der Waals surface area contributed by atoms with Crippen molar-refractivity contribution in [2.45, 2.75) is 25.0 Å². The zero-order valence-corrected chi connectivity index (χ0v) is 10.4. The number of epoxide rings is 1. The number of ether oxygens (including phenoxy) is 1. The van der Waals surface area contributed by atoms with E-state index in [0.29, 0.717) is 6.42 Å². The van der Waals surface area contributed by atoms with Crippen LogP contribution in [0.3, 0.4) is 0 Å². The summed E-state index contributed by atoms with van der Waals surface area (Å²) in [5.41, 5.74) is 0. The molecule has 6 heteroatoms. The lowest BCUT2D eigenvalue weighted by Crippen LogP contribution is -2.44. The van der Waals surface area contributed by atoms with E-state index in [9.17, 15) is 4.79 Å². The minimum Gasteiger partial charge on any atom is -0.377 e. The lowest BCUT2D eigenvalue weighted by Gasteiger charge is -2.23. The van der Waals surface area contributed by atoms with E-state index in [1.165, 1.54) is 21.3 Å². The first kappa shape index (κ1) is 12.8. The summed E-state index contributed by atoms with van der Waals surface area (Å²) < 4.78 is 20.5. The van der Waals surface area contributed by atoms with Crippen LogP contribution in [0, 0.1) is 0 Å². The second-order valence-corrected chi connectivity index (χ2v) is 6.45. The molecule has 0 N–H and O–H groups in total. The van der Waals surface area contributed by atoms with E-state index in [1.54, 1.807) is 0 Å². The smallest absolute Gasteiger partial charge is 0.377 e. The molecule has 1 saturated heterocycles. The van der Waals surface area contributed by atoms with Crippen molar-refractivity contribution >= 4 is 14.6 Å². The number of carbonyl (C=O) groups is 1. The molecule has 1 unspecified atom stereocenters. The topological polar surface area (TPSA) is 57.3 Å². The molecule has 0 radical (unpaired) electrons. The van der Waals surface area contributed by atoms with Crippen molar-refractivity contribution < 1.29 is 22.8 Å². The molecule has 1 atom stereocenters. The first-order valence-electron chi connectivity index (χ1n) is 4.94. The second kappa shape index (κ2) is 5.71. The molecule has 1 fully saturated rings. The number of ketones is 1. The predicted octanol–water partition coefficient (Wildman–Crippen LogP) is 0.613. The van der Waals surface area contributed by atoms with Gasteiger partial charge in [0.05, 0.1) is 18.8 Å². The standard InChI is InChI=1S/C9H18O5Si/c1-11-15(12-2,13-3)7-8(10)4-5-9-6-14-9/h9H,4-7H2,1-3H3. The van der Waals surface area contributed by atoms with Gasteiger partial charge in [-0.3, -0.25) is 4.79 Å². The second-order valence-electron chi connectivity index (χ2n) is 3.50. The molecule has 1 rings (SSSR count). The van der Waals surface area contributed by atoms with Gasteiger partial charge in [-0.1, -0.05) is 0 Å². The molecule has 1 aliphatic rings. The Morgan fingerprint density at radius 2 is 1.87 bits per heavy atom. The fourth-order valence-corrected chi connectivity index (χ4v) is 2.95. The first-order valence-corrected chi connectivity index (χ1v) is 6.87. The molecule has 1 heterocycles. The van der Waals surface area contributed by atoms with Crippen LogP contribution in [-0.4, -0.2) is 48.6 Å². The first-order chi connectivity index (χ1) is 7.15. The zero-order valence-electron chi connectivity index (χ0n) is 9.45. The molecule has 0 aromatic heterocycles. The summed E-state index contributed by atoms with van der Waals surface area (Å²) in [7, 11) is 1.81. The molecular formula is C9H18O5Si. The third-order valence-electron chi connectivity index (χ3n) is 2.49. The van der Waals surface area contributed by atoms with E-state index >= 15 is 0 Å². The average Bonchev–Trinajstić information content (AvgIpc) is 3.07. The van der Waals surface area contributed by atoms with E-state index < -0.39 is 8.80 Å². The van der Waals surface area contributed by atoms with Crippen LogP contribution in [0.5, 0.6) is 0 Å². The molecule has 1 aliphatic heterocycles. The van der Waals surface area contributed by atoms with Crippen LogP contribution in [0.2, 0.25) is 6.04 Å². The van der Waals surface area contributed by atoms with Crippen LogP contribution in [0.15, 0.2) is 0 Å². The summed E-state index contributed by atoms with van der Waals surface area (Å²) in [5.74, 6) is 0.114. The van der Waals surface area contributed by atoms with Gasteiger partial charge in [-0.2, -0.15) is 0 Å². The molecule has 0 bridgehead atoms. The Labute approximate surface area is 91.0 Å². The van der Waals surface area contributed by atoms with E-state index in [-0.39, 0.29) is 17.9 Å². The third kappa shape index (κ3) is 4.00. The number of hydrogen-bond donors (Lipinski definition) is 0. The SMILES string of the molecule is CO[Si](CC(=O)CCC1CO1)(OC)OC. The van der Waals surface area contributed by atoms with Crippen molar-refractivity contribution in [3.05, 3.63) is 0 Å². The van der Waals surface area contributed by atoms with Crippen molar-refractivity contribution in [1.29, 1.82) is 0 Å². The molecule has 0 spiro atoms. The normalized spacial score (nSPS) is 20.3. The van der Waals surface area contributed by atoms with Gasteiger partial charge in [-0.15, -0.1) is 0 Å². The highest BCUT2D eigenvalue weighted by Gasteiger charge is 2.40. The molecule has 0 aromatic rings. The summed E-state index contributed by atoms with van der Waals surface area (Å²) in [5, 5.41) is 0. The number of rotatable bonds is 8. The third-order valence-corrected chi connectivity index (χ3v) is 5.19. The van der Waals surface area contributed by atoms with E-state index in [1.807, 2.05) is 0 Å². The minimum absolute atomic E-state index is 0.114. The summed E-state index contributed by atoms with van der Waals surface area (Å²) in [4.78, 5) is 11.6. The Morgan fingerprint density at radius 3 is 2.27 bits per heavy atom. The number of hydrogen-bond acceptors (Lipinski definition) is 5. The van der Waals surface area contributed by atoms with Crippen molar-refractivity contribution in [3.63, 3.8) is 0 Å². The molecule has 0 aromatic carbocycles. The van der Waals surface area contributed by atoms with Gasteiger partial charge in [-0.05, 0) is 6.42 Å². The largest absolute Gasteiger partial charge is 0.507 e. The van der Waals surface area contributed by atoms with Crippen LogP contribution in [-0.2, 0) is 22.8 Å². The quantitative estimate of drug-likeness (QED) is 0.455. The van der Waals surface area contributed by atoms with Crippen LogP contribution >= 0.6 is 0 Å². The summed E-state index contributed by atoms with van der Waals surface area (Å²) in [6.07, 6.45) is 1.59. The fourth-order valence-electron chi connectivity index (χ4n) is 1.35.